The number of fused-ring (bicyclic) bond motifs is 1. The largest absolute Gasteiger partial charge is 0.490 e. The molecule has 0 unspecified atom stereocenters. The van der Waals surface area contributed by atoms with Gasteiger partial charge in [-0.3, -0.25) is 19.6 Å². The fraction of sp³-hybridized carbons (Fsp3) is 0.348. The molecule has 2 aliphatic rings. The van der Waals surface area contributed by atoms with Crippen LogP contribution >= 0.6 is 0 Å². The third kappa shape index (κ3) is 6.21. The summed E-state index contributed by atoms with van der Waals surface area (Å²) in [5.41, 5.74) is -0.292. The lowest BCUT2D eigenvalue weighted by molar-refractivity contribution is -0.192. The van der Waals surface area contributed by atoms with Crippen LogP contribution in [0.5, 0.6) is 5.75 Å². The number of alkyl halides is 6. The first-order valence-electron chi connectivity index (χ1n) is 11.3. The number of carbonyl (C=O) groups is 3. The summed E-state index contributed by atoms with van der Waals surface area (Å²) in [4.78, 5) is 46.9. The molecule has 1 saturated carbocycles. The molecule has 0 spiro atoms. The second-order valence-corrected chi connectivity index (χ2v) is 8.73. The molecule has 2 N–H and O–H groups in total. The number of amides is 3. The number of carbonyl (C=O) groups excluding carboxylic acids is 2. The Labute approximate surface area is 215 Å². The van der Waals surface area contributed by atoms with E-state index in [1.54, 1.807) is 18.5 Å². The van der Waals surface area contributed by atoms with Gasteiger partial charge < -0.3 is 14.8 Å². The molecule has 5 rings (SSSR count). The van der Waals surface area contributed by atoms with Gasteiger partial charge >= 0.3 is 24.4 Å². The van der Waals surface area contributed by atoms with Crippen LogP contribution in [-0.4, -0.2) is 68.2 Å². The summed E-state index contributed by atoms with van der Waals surface area (Å²) in [5.74, 6) is -2.42. The van der Waals surface area contributed by atoms with Crippen molar-refractivity contribution in [3.05, 3.63) is 48.5 Å². The first kappa shape index (κ1) is 27.7. The fourth-order valence-electron chi connectivity index (χ4n) is 4.05. The van der Waals surface area contributed by atoms with Crippen molar-refractivity contribution >= 4 is 34.6 Å². The second-order valence-electron chi connectivity index (χ2n) is 8.73. The molecule has 3 aromatic heterocycles. The van der Waals surface area contributed by atoms with Crippen LogP contribution in [0.1, 0.15) is 18.4 Å². The zero-order valence-electron chi connectivity index (χ0n) is 19.7. The highest BCUT2D eigenvalue weighted by Gasteiger charge is 2.42. The Bertz CT molecular complexity index is 1390. The van der Waals surface area contributed by atoms with Crippen molar-refractivity contribution in [2.24, 2.45) is 5.92 Å². The van der Waals surface area contributed by atoms with Gasteiger partial charge in [0.25, 0.3) is 5.91 Å². The van der Waals surface area contributed by atoms with Crippen molar-refractivity contribution < 1.29 is 50.6 Å². The van der Waals surface area contributed by atoms with E-state index in [0.29, 0.717) is 19.0 Å². The number of carboxylic acid groups (broad SMARTS) is 1. The summed E-state index contributed by atoms with van der Waals surface area (Å²) in [5, 5.41) is 8.01. The van der Waals surface area contributed by atoms with Gasteiger partial charge in [0.05, 0.1) is 28.9 Å². The molecule has 39 heavy (non-hydrogen) atoms. The third-order valence-electron chi connectivity index (χ3n) is 6.01. The van der Waals surface area contributed by atoms with E-state index >= 15 is 0 Å². The van der Waals surface area contributed by atoms with E-state index in [-0.39, 0.29) is 30.8 Å². The van der Waals surface area contributed by atoms with Gasteiger partial charge in [0.1, 0.15) is 17.9 Å². The molecular weight excluding hydrogens is 540 g/mol. The molecular formula is C23H19F6N5O5. The van der Waals surface area contributed by atoms with E-state index in [1.807, 2.05) is 6.07 Å². The molecule has 2 fully saturated rings. The predicted molar refractivity (Wildman–Crippen MR) is 121 cm³/mol. The standard InChI is InChI=1S/C21H18F3N5O3.C2HF3O2/c22-21(23,24)13-7-14(9-25-8-13)28-11-18(30)29(20(28)31)10-12-5-15(6-12)32-17-2-4-27-19-16(17)1-3-26-19;3-2(4,5)1(6)7/h1-4,7-9,12,15H,5-6,10-11H2,(H,26,27);(H,6,7)/t12-,15-;. The average molecular weight is 559 g/mol. The van der Waals surface area contributed by atoms with Crippen LogP contribution < -0.4 is 9.64 Å². The summed E-state index contributed by atoms with van der Waals surface area (Å²) < 4.78 is 76.6. The highest BCUT2D eigenvalue weighted by molar-refractivity contribution is 6.12. The third-order valence-corrected chi connectivity index (χ3v) is 6.01. The fourth-order valence-corrected chi connectivity index (χ4v) is 4.05. The van der Waals surface area contributed by atoms with Crippen LogP contribution in [-0.2, 0) is 15.8 Å². The number of anilines is 1. The highest BCUT2D eigenvalue weighted by Crippen LogP contribution is 2.36. The number of nitrogens with zero attached hydrogens (tertiary/aromatic N) is 4. The number of imide groups is 1. The molecule has 0 aromatic carbocycles. The van der Waals surface area contributed by atoms with E-state index < -0.39 is 35.8 Å². The molecule has 1 saturated heterocycles. The Hall–Kier alpha value is -4.37. The summed E-state index contributed by atoms with van der Waals surface area (Å²) in [6.45, 7) is -0.104. The number of ether oxygens (including phenoxy) is 1. The van der Waals surface area contributed by atoms with Crippen LogP contribution in [0, 0.1) is 5.92 Å². The minimum absolute atomic E-state index is 0.0444. The van der Waals surface area contributed by atoms with Crippen LogP contribution in [0.15, 0.2) is 43.0 Å². The zero-order chi connectivity index (χ0) is 28.5. The van der Waals surface area contributed by atoms with Crippen LogP contribution in [0.25, 0.3) is 11.0 Å². The maximum absolute atomic E-state index is 13.0. The smallest absolute Gasteiger partial charge is 0.490 e. The van der Waals surface area contributed by atoms with Crippen molar-refractivity contribution in [2.45, 2.75) is 31.3 Å². The monoisotopic (exact) mass is 559 g/mol. The molecule has 0 bridgehead atoms. The van der Waals surface area contributed by atoms with E-state index in [9.17, 15) is 35.9 Å². The molecule has 10 nitrogen and oxygen atoms in total. The molecule has 3 aromatic rings. The number of rotatable bonds is 5. The van der Waals surface area contributed by atoms with E-state index in [4.69, 9.17) is 14.6 Å². The van der Waals surface area contributed by atoms with Gasteiger partial charge in [0, 0.05) is 25.1 Å². The number of halogens is 6. The lowest BCUT2D eigenvalue weighted by atomic mass is 9.82. The van der Waals surface area contributed by atoms with E-state index in [2.05, 4.69) is 15.0 Å². The highest BCUT2D eigenvalue weighted by atomic mass is 19.4. The van der Waals surface area contributed by atoms with Crippen molar-refractivity contribution in [1.29, 1.82) is 0 Å². The lowest BCUT2D eigenvalue weighted by Crippen LogP contribution is -2.44. The molecule has 16 heteroatoms. The quantitative estimate of drug-likeness (QED) is 0.354. The number of aromatic nitrogens is 3. The summed E-state index contributed by atoms with van der Waals surface area (Å²) >= 11 is 0. The van der Waals surface area contributed by atoms with Gasteiger partial charge in [-0.05, 0) is 37.0 Å². The van der Waals surface area contributed by atoms with Crippen molar-refractivity contribution in [3.63, 3.8) is 0 Å². The SMILES string of the molecule is O=C(O)C(F)(F)F.O=C1CN(c2cncc(C(F)(F)F)c2)C(=O)N1C[C@H]1C[C@H](Oc2ccnc3[nH]ccc23)C1. The number of hydrogen-bond donors (Lipinski definition) is 2. The van der Waals surface area contributed by atoms with E-state index in [0.717, 1.165) is 38.8 Å². The second kappa shape index (κ2) is 10.4. The van der Waals surface area contributed by atoms with Gasteiger partial charge in [0.2, 0.25) is 0 Å². The van der Waals surface area contributed by atoms with Crippen LogP contribution in [0.2, 0.25) is 0 Å². The molecule has 3 amide bonds. The number of pyridine rings is 2. The van der Waals surface area contributed by atoms with Crippen molar-refractivity contribution in [3.8, 4) is 5.75 Å². The number of aromatic amines is 1. The Morgan fingerprint density at radius 2 is 1.82 bits per heavy atom. The Balaban J connectivity index is 0.000000448. The van der Waals surface area contributed by atoms with Gasteiger partial charge in [-0.15, -0.1) is 0 Å². The summed E-state index contributed by atoms with van der Waals surface area (Å²) in [7, 11) is 0. The van der Waals surface area contributed by atoms with Crippen molar-refractivity contribution in [2.75, 3.05) is 18.0 Å². The average Bonchev–Trinajstić information content (AvgIpc) is 3.42. The first-order valence-corrected chi connectivity index (χ1v) is 11.3. The van der Waals surface area contributed by atoms with Gasteiger partial charge in [-0.1, -0.05) is 0 Å². The number of H-pyrrole nitrogens is 1. The van der Waals surface area contributed by atoms with Crippen molar-refractivity contribution in [1.82, 2.24) is 19.9 Å². The maximum atomic E-state index is 13.0. The van der Waals surface area contributed by atoms with Gasteiger partial charge in [-0.25, -0.2) is 14.6 Å². The number of hydrogen-bond acceptors (Lipinski definition) is 6. The normalized spacial score (nSPS) is 19.5. The van der Waals surface area contributed by atoms with Gasteiger partial charge in [0.15, 0.2) is 0 Å². The molecule has 1 aliphatic heterocycles. The number of nitrogens with one attached hydrogen (secondary N) is 1. The molecule has 0 atom stereocenters. The Kier molecular flexibility index (Phi) is 7.39. The lowest BCUT2D eigenvalue weighted by Gasteiger charge is -2.37. The Morgan fingerprint density at radius 3 is 2.46 bits per heavy atom. The predicted octanol–water partition coefficient (Wildman–Crippen LogP) is 4.24. The van der Waals surface area contributed by atoms with Crippen LogP contribution in [0.4, 0.5) is 36.8 Å². The first-order chi connectivity index (χ1) is 18.2. The minimum atomic E-state index is -5.08. The minimum Gasteiger partial charge on any atom is -0.490 e. The molecule has 1 aliphatic carbocycles. The Morgan fingerprint density at radius 1 is 1.13 bits per heavy atom. The number of urea groups is 1. The summed E-state index contributed by atoms with van der Waals surface area (Å²) in [6.07, 6.45) is -3.12. The van der Waals surface area contributed by atoms with E-state index in [1.165, 1.54) is 0 Å². The number of carboxylic acids is 1. The maximum Gasteiger partial charge on any atom is 0.490 e. The zero-order valence-corrected chi connectivity index (χ0v) is 19.7. The topological polar surface area (TPSA) is 129 Å². The summed E-state index contributed by atoms with van der Waals surface area (Å²) in [6, 6.07) is 3.86. The van der Waals surface area contributed by atoms with Gasteiger partial charge in [-0.2, -0.15) is 26.3 Å². The molecule has 4 heterocycles. The van der Waals surface area contributed by atoms with Crippen LogP contribution in [0.3, 0.4) is 0 Å². The molecule has 0 radical (unpaired) electrons. The molecule has 208 valence electrons. The number of aliphatic carboxylic acids is 1.